The smallest absolute Gasteiger partial charge is 0.234 e. The normalized spacial score (nSPS) is 16.5. The Morgan fingerprint density at radius 3 is 2.27 bits per heavy atom. The Bertz CT molecular complexity index is 680. The highest BCUT2D eigenvalue weighted by molar-refractivity contribution is 5.79. The molecule has 0 bridgehead atoms. The number of hydrogen-bond acceptors (Lipinski definition) is 4. The molecule has 1 aliphatic heterocycles. The van der Waals surface area contributed by atoms with Crippen LogP contribution >= 0.6 is 0 Å². The molecule has 26 heavy (non-hydrogen) atoms. The molecule has 0 unspecified atom stereocenters. The molecule has 0 saturated carbocycles. The lowest BCUT2D eigenvalue weighted by molar-refractivity contribution is -0.122. The van der Waals surface area contributed by atoms with Crippen LogP contribution in [0.2, 0.25) is 0 Å². The number of aromatic nitrogens is 1. The van der Waals surface area contributed by atoms with E-state index in [4.69, 9.17) is 4.74 Å². The number of methoxy groups -OCH3 is 1. The summed E-state index contributed by atoms with van der Waals surface area (Å²) in [6.45, 7) is 2.48. The highest BCUT2D eigenvalue weighted by atomic mass is 16.5. The van der Waals surface area contributed by atoms with Crippen LogP contribution in [0.15, 0.2) is 48.8 Å². The topological polar surface area (TPSA) is 54.5 Å². The largest absolute Gasteiger partial charge is 0.497 e. The Morgan fingerprint density at radius 2 is 1.65 bits per heavy atom. The van der Waals surface area contributed by atoms with Crippen LogP contribution in [0.4, 0.5) is 0 Å². The summed E-state index contributed by atoms with van der Waals surface area (Å²) in [7, 11) is 1.65. The van der Waals surface area contributed by atoms with Crippen molar-refractivity contribution >= 4 is 5.91 Å². The van der Waals surface area contributed by atoms with Crippen LogP contribution in [0.25, 0.3) is 0 Å². The molecule has 2 heterocycles. The van der Waals surface area contributed by atoms with Crippen LogP contribution < -0.4 is 10.1 Å². The summed E-state index contributed by atoms with van der Waals surface area (Å²) in [6.07, 6.45) is 8.41. The minimum atomic E-state index is -0.191. The molecule has 0 radical (unpaired) electrons. The van der Waals surface area contributed by atoms with E-state index in [2.05, 4.69) is 15.2 Å². The maximum atomic E-state index is 12.7. The fourth-order valence-electron chi connectivity index (χ4n) is 3.42. The number of carbonyl (C=O) groups excluding carboxylic acids is 1. The fraction of sp³-hybridized carbons (Fsp3) is 0.429. The second-order valence-electron chi connectivity index (χ2n) is 6.74. The van der Waals surface area contributed by atoms with Crippen LogP contribution in [0, 0.1) is 0 Å². The van der Waals surface area contributed by atoms with Gasteiger partial charge in [0.2, 0.25) is 5.91 Å². The van der Waals surface area contributed by atoms with Crippen LogP contribution in [0.1, 0.15) is 42.9 Å². The molecular formula is C21H27N3O2. The summed E-state index contributed by atoms with van der Waals surface area (Å²) >= 11 is 0. The minimum absolute atomic E-state index is 0.0598. The van der Waals surface area contributed by atoms with Crippen molar-refractivity contribution in [2.45, 2.75) is 31.7 Å². The molecule has 0 spiro atoms. The molecule has 5 heteroatoms. The van der Waals surface area contributed by atoms with Gasteiger partial charge in [-0.15, -0.1) is 0 Å². The number of nitrogens with one attached hydrogen (secondary N) is 1. The Hall–Kier alpha value is -2.40. The van der Waals surface area contributed by atoms with Gasteiger partial charge < -0.3 is 10.1 Å². The van der Waals surface area contributed by atoms with Gasteiger partial charge in [0.15, 0.2) is 0 Å². The third kappa shape index (κ3) is 5.05. The summed E-state index contributed by atoms with van der Waals surface area (Å²) in [5.41, 5.74) is 2.05. The first-order valence-electron chi connectivity index (χ1n) is 9.32. The zero-order valence-electron chi connectivity index (χ0n) is 15.4. The number of carbonyl (C=O) groups is 1. The number of benzene rings is 1. The Morgan fingerprint density at radius 1 is 1.04 bits per heavy atom. The SMILES string of the molecule is COc1ccc([C@@H](NC(=O)CN2CCCCCC2)c2ccncc2)cc1. The molecule has 5 nitrogen and oxygen atoms in total. The molecule has 1 saturated heterocycles. The van der Waals surface area contributed by atoms with Gasteiger partial charge in [0.25, 0.3) is 0 Å². The van der Waals surface area contributed by atoms with Gasteiger partial charge in [-0.25, -0.2) is 0 Å². The number of amides is 1. The maximum Gasteiger partial charge on any atom is 0.234 e. The minimum Gasteiger partial charge on any atom is -0.497 e. The first-order valence-corrected chi connectivity index (χ1v) is 9.32. The van der Waals surface area contributed by atoms with Gasteiger partial charge in [0.1, 0.15) is 5.75 Å². The molecule has 1 aromatic carbocycles. The molecule has 1 aromatic heterocycles. The molecule has 2 aromatic rings. The lowest BCUT2D eigenvalue weighted by Gasteiger charge is -2.23. The summed E-state index contributed by atoms with van der Waals surface area (Å²) < 4.78 is 5.24. The van der Waals surface area contributed by atoms with Crippen molar-refractivity contribution in [1.82, 2.24) is 15.2 Å². The third-order valence-corrected chi connectivity index (χ3v) is 4.86. The van der Waals surface area contributed by atoms with E-state index in [-0.39, 0.29) is 11.9 Å². The molecule has 1 N–H and O–H groups in total. The summed E-state index contributed by atoms with van der Waals surface area (Å²) in [5.74, 6) is 0.864. The fourth-order valence-corrected chi connectivity index (χ4v) is 3.42. The average molecular weight is 353 g/mol. The lowest BCUT2D eigenvalue weighted by Crippen LogP contribution is -2.39. The zero-order chi connectivity index (χ0) is 18.2. The van der Waals surface area contributed by atoms with Crippen molar-refractivity contribution < 1.29 is 9.53 Å². The zero-order valence-corrected chi connectivity index (χ0v) is 15.4. The first kappa shape index (κ1) is 18.4. The van der Waals surface area contributed by atoms with Gasteiger partial charge in [0.05, 0.1) is 19.7 Å². The predicted octanol–water partition coefficient (Wildman–Crippen LogP) is 3.17. The molecule has 0 aliphatic carbocycles. The number of nitrogens with zero attached hydrogens (tertiary/aromatic N) is 2. The first-order chi connectivity index (χ1) is 12.8. The highest BCUT2D eigenvalue weighted by Crippen LogP contribution is 2.24. The van der Waals surface area contributed by atoms with Gasteiger partial charge in [-0.05, 0) is 61.3 Å². The van der Waals surface area contributed by atoms with Crippen molar-refractivity contribution in [3.05, 3.63) is 59.9 Å². The van der Waals surface area contributed by atoms with Gasteiger partial charge >= 0.3 is 0 Å². The summed E-state index contributed by atoms with van der Waals surface area (Å²) in [4.78, 5) is 19.1. The van der Waals surface area contributed by atoms with Crippen molar-refractivity contribution in [3.8, 4) is 5.75 Å². The maximum absolute atomic E-state index is 12.7. The van der Waals surface area contributed by atoms with Crippen molar-refractivity contribution in [1.29, 1.82) is 0 Å². The van der Waals surface area contributed by atoms with Crippen LogP contribution in [0.5, 0.6) is 5.75 Å². The van der Waals surface area contributed by atoms with E-state index in [9.17, 15) is 4.79 Å². The monoisotopic (exact) mass is 353 g/mol. The van der Waals surface area contributed by atoms with E-state index in [0.717, 1.165) is 30.0 Å². The molecule has 1 amide bonds. The van der Waals surface area contributed by atoms with Gasteiger partial charge in [-0.1, -0.05) is 25.0 Å². The van der Waals surface area contributed by atoms with Crippen LogP contribution in [-0.2, 0) is 4.79 Å². The molecule has 1 aliphatic rings. The second-order valence-corrected chi connectivity index (χ2v) is 6.74. The van der Waals surface area contributed by atoms with E-state index in [0.29, 0.717) is 6.54 Å². The van der Waals surface area contributed by atoms with Crippen LogP contribution in [0.3, 0.4) is 0 Å². The number of pyridine rings is 1. The Balaban J connectivity index is 1.73. The van der Waals surface area contributed by atoms with Gasteiger partial charge in [-0.3, -0.25) is 14.7 Å². The average Bonchev–Trinajstić information content (AvgIpc) is 2.95. The van der Waals surface area contributed by atoms with E-state index in [1.807, 2.05) is 36.4 Å². The third-order valence-electron chi connectivity index (χ3n) is 4.86. The summed E-state index contributed by atoms with van der Waals surface area (Å²) in [6, 6.07) is 11.5. The molecule has 3 rings (SSSR count). The number of likely N-dealkylation sites (tertiary alicyclic amines) is 1. The van der Waals surface area contributed by atoms with Crippen molar-refractivity contribution in [2.24, 2.45) is 0 Å². The van der Waals surface area contributed by atoms with E-state index in [1.165, 1.54) is 25.7 Å². The molecular weight excluding hydrogens is 326 g/mol. The van der Waals surface area contributed by atoms with Gasteiger partial charge in [0, 0.05) is 12.4 Å². The Labute approximate surface area is 155 Å². The molecule has 1 atom stereocenters. The Kier molecular flexibility index (Phi) is 6.61. The number of ether oxygens (including phenoxy) is 1. The van der Waals surface area contributed by atoms with E-state index in [1.54, 1.807) is 19.5 Å². The summed E-state index contributed by atoms with van der Waals surface area (Å²) in [5, 5.41) is 3.21. The molecule has 138 valence electrons. The van der Waals surface area contributed by atoms with Crippen molar-refractivity contribution in [2.75, 3.05) is 26.7 Å². The van der Waals surface area contributed by atoms with Crippen molar-refractivity contribution in [3.63, 3.8) is 0 Å². The lowest BCUT2D eigenvalue weighted by atomic mass is 9.99. The predicted molar refractivity (Wildman–Crippen MR) is 102 cm³/mol. The number of hydrogen-bond donors (Lipinski definition) is 1. The second kappa shape index (κ2) is 9.34. The molecule has 1 fully saturated rings. The number of rotatable bonds is 6. The van der Waals surface area contributed by atoms with E-state index >= 15 is 0 Å². The standard InChI is InChI=1S/C21H27N3O2/c1-26-19-8-6-17(7-9-19)21(18-10-12-22-13-11-18)23-20(25)16-24-14-4-2-3-5-15-24/h6-13,21H,2-5,14-16H2,1H3,(H,23,25)/t21-/m1/s1. The van der Waals surface area contributed by atoms with Crippen LogP contribution in [-0.4, -0.2) is 42.5 Å². The highest BCUT2D eigenvalue weighted by Gasteiger charge is 2.19. The van der Waals surface area contributed by atoms with E-state index < -0.39 is 0 Å². The van der Waals surface area contributed by atoms with Gasteiger partial charge in [-0.2, -0.15) is 0 Å². The quantitative estimate of drug-likeness (QED) is 0.867.